The molecule has 5 nitrogen and oxygen atoms in total. The van der Waals surface area contributed by atoms with Crippen LogP contribution in [0.3, 0.4) is 0 Å². The Labute approximate surface area is 145 Å². The van der Waals surface area contributed by atoms with Crippen LogP contribution in [-0.4, -0.2) is 33.4 Å². The largest absolute Gasteiger partial charge is 0.497 e. The van der Waals surface area contributed by atoms with Crippen LogP contribution in [0.4, 0.5) is 10.1 Å². The highest BCUT2D eigenvalue weighted by Crippen LogP contribution is 2.40. The highest BCUT2D eigenvalue weighted by molar-refractivity contribution is 7.81. The first-order valence-corrected chi connectivity index (χ1v) is 7.39. The minimum Gasteiger partial charge on any atom is -0.497 e. The van der Waals surface area contributed by atoms with Gasteiger partial charge in [0.2, 0.25) is 5.75 Å². The molecule has 0 atom stereocenters. The molecule has 0 fully saturated rings. The quantitative estimate of drug-likeness (QED) is 0.802. The van der Waals surface area contributed by atoms with Crippen LogP contribution in [0.1, 0.15) is 5.56 Å². The van der Waals surface area contributed by atoms with Crippen molar-refractivity contribution in [1.29, 1.82) is 0 Å². The van der Waals surface area contributed by atoms with Crippen molar-refractivity contribution in [2.45, 2.75) is 0 Å². The number of methoxy groups -OCH3 is 4. The van der Waals surface area contributed by atoms with Gasteiger partial charge in [-0.25, -0.2) is 4.39 Å². The molecule has 0 aliphatic heterocycles. The van der Waals surface area contributed by atoms with Gasteiger partial charge < -0.3 is 24.3 Å². The van der Waals surface area contributed by atoms with Crippen molar-refractivity contribution in [1.82, 2.24) is 0 Å². The van der Waals surface area contributed by atoms with Crippen molar-refractivity contribution in [2.24, 2.45) is 0 Å². The van der Waals surface area contributed by atoms with Gasteiger partial charge in [0.25, 0.3) is 0 Å². The van der Waals surface area contributed by atoms with Crippen LogP contribution >= 0.6 is 12.2 Å². The summed E-state index contributed by atoms with van der Waals surface area (Å²) in [6.07, 6.45) is 0. The Bertz CT molecular complexity index is 726. The molecule has 0 aliphatic carbocycles. The van der Waals surface area contributed by atoms with Crippen molar-refractivity contribution in [3.8, 4) is 23.0 Å². The topological polar surface area (TPSA) is 49.0 Å². The molecule has 128 valence electrons. The molecule has 0 saturated heterocycles. The van der Waals surface area contributed by atoms with E-state index in [1.165, 1.54) is 34.5 Å². The summed E-state index contributed by atoms with van der Waals surface area (Å²) in [6.45, 7) is 0. The van der Waals surface area contributed by atoms with Gasteiger partial charge in [0.15, 0.2) is 11.5 Å². The maximum atomic E-state index is 14.1. The summed E-state index contributed by atoms with van der Waals surface area (Å²) in [5, 5.41) is 2.97. The molecule has 0 amide bonds. The summed E-state index contributed by atoms with van der Waals surface area (Å²) in [5.41, 5.74) is 0.851. The first-order valence-electron chi connectivity index (χ1n) is 6.99. The average molecular weight is 351 g/mol. The Morgan fingerprint density at radius 2 is 1.54 bits per heavy atom. The molecule has 0 saturated carbocycles. The van der Waals surface area contributed by atoms with Gasteiger partial charge in [-0.1, -0.05) is 12.2 Å². The van der Waals surface area contributed by atoms with Crippen LogP contribution in [0.2, 0.25) is 0 Å². The predicted octanol–water partition coefficient (Wildman–Crippen LogP) is 3.65. The highest BCUT2D eigenvalue weighted by atomic mass is 32.1. The number of hydrogen-bond acceptors (Lipinski definition) is 5. The number of nitrogens with one attached hydrogen (secondary N) is 1. The zero-order chi connectivity index (χ0) is 17.7. The van der Waals surface area contributed by atoms with E-state index in [4.69, 9.17) is 31.2 Å². The fourth-order valence-corrected chi connectivity index (χ4v) is 2.44. The lowest BCUT2D eigenvalue weighted by Crippen LogP contribution is -2.13. The normalized spacial score (nSPS) is 10.0. The molecule has 0 heterocycles. The number of rotatable bonds is 6. The Morgan fingerprint density at radius 3 is 2.00 bits per heavy atom. The van der Waals surface area contributed by atoms with Crippen molar-refractivity contribution in [3.05, 3.63) is 41.7 Å². The molecule has 2 aromatic carbocycles. The lowest BCUT2D eigenvalue weighted by Gasteiger charge is -2.15. The summed E-state index contributed by atoms with van der Waals surface area (Å²) >= 11 is 5.29. The molecule has 0 spiro atoms. The van der Waals surface area contributed by atoms with E-state index in [0.29, 0.717) is 28.7 Å². The minimum atomic E-state index is -0.473. The van der Waals surface area contributed by atoms with Crippen LogP contribution < -0.4 is 24.3 Å². The molecule has 7 heteroatoms. The number of ether oxygens (including phenoxy) is 4. The molecule has 0 aromatic heterocycles. The second-order valence-electron chi connectivity index (χ2n) is 4.71. The Balaban J connectivity index is 2.32. The van der Waals surface area contributed by atoms with Gasteiger partial charge in [-0.05, 0) is 12.1 Å². The van der Waals surface area contributed by atoms with E-state index in [1.807, 2.05) is 0 Å². The van der Waals surface area contributed by atoms with E-state index in [9.17, 15) is 4.39 Å². The number of thiocarbonyl (C=S) groups is 1. The van der Waals surface area contributed by atoms with Crippen LogP contribution in [0.25, 0.3) is 0 Å². The highest BCUT2D eigenvalue weighted by Gasteiger charge is 2.15. The first-order chi connectivity index (χ1) is 11.5. The lowest BCUT2D eigenvalue weighted by atomic mass is 10.2. The van der Waals surface area contributed by atoms with Crippen LogP contribution in [0.15, 0.2) is 30.3 Å². The molecule has 0 aliphatic rings. The first kappa shape index (κ1) is 17.8. The van der Waals surface area contributed by atoms with Gasteiger partial charge in [0.05, 0.1) is 28.4 Å². The molecule has 24 heavy (non-hydrogen) atoms. The van der Waals surface area contributed by atoms with Crippen molar-refractivity contribution >= 4 is 22.9 Å². The average Bonchev–Trinajstić information content (AvgIpc) is 2.60. The van der Waals surface area contributed by atoms with Crippen LogP contribution in [-0.2, 0) is 0 Å². The molecule has 0 radical (unpaired) electrons. The van der Waals surface area contributed by atoms with Gasteiger partial charge in [-0.2, -0.15) is 0 Å². The molecule has 2 rings (SSSR count). The lowest BCUT2D eigenvalue weighted by molar-refractivity contribution is 0.324. The Kier molecular flexibility index (Phi) is 5.81. The summed E-state index contributed by atoms with van der Waals surface area (Å²) in [4.78, 5) is 0.226. The van der Waals surface area contributed by atoms with Crippen molar-refractivity contribution < 1.29 is 23.3 Å². The predicted molar refractivity (Wildman–Crippen MR) is 94.4 cm³/mol. The van der Waals surface area contributed by atoms with Crippen LogP contribution in [0.5, 0.6) is 23.0 Å². The maximum Gasteiger partial charge on any atom is 0.203 e. The SMILES string of the molecule is COc1ccc(C(=S)Nc2cc(OC)c(OC)c(OC)c2)c(F)c1. The third-order valence-corrected chi connectivity index (χ3v) is 3.67. The fourth-order valence-electron chi connectivity index (χ4n) is 2.16. The van der Waals surface area contributed by atoms with Gasteiger partial charge in [0, 0.05) is 29.4 Å². The van der Waals surface area contributed by atoms with Crippen LogP contribution in [0, 0.1) is 5.82 Å². The summed E-state index contributed by atoms with van der Waals surface area (Å²) < 4.78 is 34.9. The van der Waals surface area contributed by atoms with Gasteiger partial charge in [-0.3, -0.25) is 0 Å². The maximum absolute atomic E-state index is 14.1. The molecule has 1 N–H and O–H groups in total. The minimum absolute atomic E-state index is 0.226. The molecular formula is C17H18FNO4S. The number of anilines is 1. The monoisotopic (exact) mass is 351 g/mol. The fraction of sp³-hybridized carbons (Fsp3) is 0.235. The third-order valence-electron chi connectivity index (χ3n) is 3.34. The van der Waals surface area contributed by atoms with E-state index in [0.717, 1.165) is 0 Å². The van der Waals surface area contributed by atoms with Gasteiger partial charge >= 0.3 is 0 Å². The number of benzene rings is 2. The van der Waals surface area contributed by atoms with E-state index < -0.39 is 5.82 Å². The smallest absolute Gasteiger partial charge is 0.203 e. The van der Waals surface area contributed by atoms with E-state index in [2.05, 4.69) is 5.32 Å². The molecular weight excluding hydrogens is 333 g/mol. The Hall–Kier alpha value is -2.54. The van der Waals surface area contributed by atoms with E-state index in [-0.39, 0.29) is 10.6 Å². The third kappa shape index (κ3) is 3.68. The zero-order valence-electron chi connectivity index (χ0n) is 13.8. The summed E-state index contributed by atoms with van der Waals surface area (Å²) in [6, 6.07) is 7.85. The van der Waals surface area contributed by atoms with Crippen molar-refractivity contribution in [2.75, 3.05) is 33.8 Å². The molecule has 0 bridgehead atoms. The number of hydrogen-bond donors (Lipinski definition) is 1. The standard InChI is InChI=1S/C17H18FNO4S/c1-20-11-5-6-12(13(18)9-11)17(24)19-10-7-14(21-2)16(23-4)15(8-10)22-3/h5-9H,1-4H3,(H,19,24). The van der Waals surface area contributed by atoms with E-state index >= 15 is 0 Å². The van der Waals surface area contributed by atoms with E-state index in [1.54, 1.807) is 24.3 Å². The molecule has 2 aromatic rings. The number of halogens is 1. The second kappa shape index (κ2) is 7.83. The van der Waals surface area contributed by atoms with Gasteiger partial charge in [0.1, 0.15) is 16.6 Å². The van der Waals surface area contributed by atoms with Gasteiger partial charge in [-0.15, -0.1) is 0 Å². The van der Waals surface area contributed by atoms with Crippen molar-refractivity contribution in [3.63, 3.8) is 0 Å². The molecule has 0 unspecified atom stereocenters. The summed E-state index contributed by atoms with van der Waals surface area (Å²) in [5.74, 6) is 1.35. The second-order valence-corrected chi connectivity index (χ2v) is 5.12. The summed E-state index contributed by atoms with van der Waals surface area (Å²) in [7, 11) is 6.02. The zero-order valence-corrected chi connectivity index (χ0v) is 14.6. The Morgan fingerprint density at radius 1 is 0.917 bits per heavy atom.